The predicted molar refractivity (Wildman–Crippen MR) is 139 cm³/mol. The molecule has 2 heterocycles. The molecular formula is C27H32N4O4S. The third-order valence-electron chi connectivity index (χ3n) is 7.01. The second kappa shape index (κ2) is 11.2. The molecule has 36 heavy (non-hydrogen) atoms. The first-order chi connectivity index (χ1) is 17.3. The molecule has 3 aromatic rings. The number of methoxy groups -OCH3 is 1. The third-order valence-corrected chi connectivity index (χ3v) is 8.31. The van der Waals surface area contributed by atoms with Gasteiger partial charge in [-0.15, -0.1) is 5.10 Å². The number of benzene rings is 2. The lowest BCUT2D eigenvalue weighted by Crippen LogP contribution is -2.37. The van der Waals surface area contributed by atoms with Crippen LogP contribution in [0.25, 0.3) is 0 Å². The van der Waals surface area contributed by atoms with Crippen molar-refractivity contribution in [1.82, 2.24) is 14.5 Å². The van der Waals surface area contributed by atoms with Crippen LogP contribution in [0.15, 0.2) is 65.9 Å². The van der Waals surface area contributed by atoms with Crippen LogP contribution < -0.4 is 4.74 Å². The van der Waals surface area contributed by atoms with E-state index in [0.717, 1.165) is 29.5 Å². The summed E-state index contributed by atoms with van der Waals surface area (Å²) >= 11 is 0. The van der Waals surface area contributed by atoms with Gasteiger partial charge in [0.2, 0.25) is 15.9 Å². The molecule has 190 valence electrons. The number of aromatic nitrogens is 2. The fourth-order valence-corrected chi connectivity index (χ4v) is 5.87. The Morgan fingerprint density at radius 1 is 1.14 bits per heavy atom. The van der Waals surface area contributed by atoms with Gasteiger partial charge < -0.3 is 9.94 Å². The number of nitrogens with zero attached hydrogens (tertiary/aromatic N) is 4. The Balaban J connectivity index is 1.62. The van der Waals surface area contributed by atoms with Crippen LogP contribution in [0.3, 0.4) is 0 Å². The van der Waals surface area contributed by atoms with Crippen molar-refractivity contribution in [2.45, 2.75) is 38.0 Å². The molecule has 1 aromatic heterocycles. The number of aryl methyl sites for hydroxylation is 1. The standard InChI is InChI=1S/C27H32N4O4S/c1-19-6-4-5-7-23(19)25(18-26(30-32)24-12-15-28-29-27(24)35-2)22-10-8-20(9-11-22)21-13-16-31(17-14-21)36(3,33)34/h4-12,15,21,25,32H,13-14,16-18H2,1-3H3. The van der Waals surface area contributed by atoms with Gasteiger partial charge in [-0.05, 0) is 54.0 Å². The van der Waals surface area contributed by atoms with Crippen LogP contribution in [0, 0.1) is 6.92 Å². The minimum Gasteiger partial charge on any atom is -0.479 e. The molecule has 0 spiro atoms. The summed E-state index contributed by atoms with van der Waals surface area (Å²) in [6, 6.07) is 18.5. The Kier molecular flexibility index (Phi) is 8.01. The fourth-order valence-electron chi connectivity index (χ4n) is 4.99. The molecule has 0 radical (unpaired) electrons. The van der Waals surface area contributed by atoms with Crippen molar-refractivity contribution >= 4 is 15.7 Å². The number of hydrogen-bond donors (Lipinski definition) is 1. The summed E-state index contributed by atoms with van der Waals surface area (Å²) in [6.45, 7) is 3.18. The Labute approximate surface area is 212 Å². The highest BCUT2D eigenvalue weighted by Crippen LogP contribution is 2.35. The molecule has 1 unspecified atom stereocenters. The molecule has 0 aliphatic carbocycles. The van der Waals surface area contributed by atoms with Crippen molar-refractivity contribution in [3.05, 3.63) is 88.6 Å². The van der Waals surface area contributed by atoms with Gasteiger partial charge in [-0.25, -0.2) is 12.7 Å². The molecule has 4 rings (SSSR count). The van der Waals surface area contributed by atoms with Crippen molar-refractivity contribution in [3.8, 4) is 5.88 Å². The quantitative estimate of drug-likeness (QED) is 0.276. The van der Waals surface area contributed by atoms with Gasteiger partial charge in [0.25, 0.3) is 0 Å². The topological polar surface area (TPSA) is 105 Å². The van der Waals surface area contributed by atoms with Gasteiger partial charge in [0.1, 0.15) is 0 Å². The summed E-state index contributed by atoms with van der Waals surface area (Å²) in [6.07, 6.45) is 4.88. The van der Waals surface area contributed by atoms with Gasteiger partial charge in [0.15, 0.2) is 0 Å². The van der Waals surface area contributed by atoms with Crippen LogP contribution in [0.5, 0.6) is 5.88 Å². The average molecular weight is 509 g/mol. The second-order valence-corrected chi connectivity index (χ2v) is 11.2. The van der Waals surface area contributed by atoms with Crippen LogP contribution in [0.2, 0.25) is 0 Å². The number of piperidine rings is 1. The number of hydrogen-bond acceptors (Lipinski definition) is 7. The molecule has 0 bridgehead atoms. The van der Waals surface area contributed by atoms with Gasteiger partial charge in [-0.2, -0.15) is 5.10 Å². The normalized spacial score (nSPS) is 16.6. The van der Waals surface area contributed by atoms with E-state index in [1.54, 1.807) is 16.6 Å². The van der Waals surface area contributed by atoms with E-state index in [4.69, 9.17) is 4.74 Å². The maximum Gasteiger partial charge on any atom is 0.242 e. The van der Waals surface area contributed by atoms with E-state index in [-0.39, 0.29) is 5.92 Å². The van der Waals surface area contributed by atoms with Gasteiger partial charge in [-0.3, -0.25) is 0 Å². The lowest BCUT2D eigenvalue weighted by atomic mass is 9.82. The summed E-state index contributed by atoms with van der Waals surface area (Å²) in [7, 11) is -1.63. The summed E-state index contributed by atoms with van der Waals surface area (Å²) < 4.78 is 30.6. The molecule has 1 atom stereocenters. The molecule has 1 aliphatic heterocycles. The van der Waals surface area contributed by atoms with Crippen molar-refractivity contribution in [2.24, 2.45) is 5.16 Å². The first kappa shape index (κ1) is 25.8. The lowest BCUT2D eigenvalue weighted by Gasteiger charge is -2.30. The van der Waals surface area contributed by atoms with E-state index >= 15 is 0 Å². The van der Waals surface area contributed by atoms with Crippen molar-refractivity contribution in [1.29, 1.82) is 0 Å². The van der Waals surface area contributed by atoms with Crippen LogP contribution in [-0.4, -0.2) is 60.3 Å². The first-order valence-electron chi connectivity index (χ1n) is 12.0. The summed E-state index contributed by atoms with van der Waals surface area (Å²) in [5, 5.41) is 21.4. The Hall–Kier alpha value is -3.30. The summed E-state index contributed by atoms with van der Waals surface area (Å²) in [4.78, 5) is 0. The van der Waals surface area contributed by atoms with Crippen molar-refractivity contribution < 1.29 is 18.4 Å². The Bertz CT molecular complexity index is 1320. The molecule has 1 fully saturated rings. The van der Waals surface area contributed by atoms with E-state index in [0.29, 0.717) is 42.6 Å². The van der Waals surface area contributed by atoms with E-state index in [1.807, 2.05) is 12.1 Å². The van der Waals surface area contributed by atoms with Crippen molar-refractivity contribution in [2.75, 3.05) is 26.5 Å². The molecular weight excluding hydrogens is 476 g/mol. The Morgan fingerprint density at radius 3 is 2.44 bits per heavy atom. The van der Waals surface area contributed by atoms with Crippen LogP contribution in [-0.2, 0) is 10.0 Å². The van der Waals surface area contributed by atoms with Gasteiger partial charge in [-0.1, -0.05) is 53.7 Å². The molecule has 2 aromatic carbocycles. The van der Waals surface area contributed by atoms with E-state index in [9.17, 15) is 13.6 Å². The molecule has 8 nitrogen and oxygen atoms in total. The molecule has 9 heteroatoms. The smallest absolute Gasteiger partial charge is 0.242 e. The molecule has 1 saturated heterocycles. The number of oxime groups is 1. The zero-order chi connectivity index (χ0) is 25.7. The molecule has 0 saturated carbocycles. The molecule has 0 amide bonds. The average Bonchev–Trinajstić information content (AvgIpc) is 2.90. The van der Waals surface area contributed by atoms with Crippen LogP contribution in [0.1, 0.15) is 58.9 Å². The highest BCUT2D eigenvalue weighted by atomic mass is 32.2. The second-order valence-electron chi connectivity index (χ2n) is 9.22. The lowest BCUT2D eigenvalue weighted by molar-refractivity contribution is 0.317. The Morgan fingerprint density at radius 2 is 1.83 bits per heavy atom. The van der Waals surface area contributed by atoms with E-state index in [2.05, 4.69) is 58.7 Å². The van der Waals surface area contributed by atoms with Gasteiger partial charge in [0, 0.05) is 25.4 Å². The van der Waals surface area contributed by atoms with Crippen LogP contribution >= 0.6 is 0 Å². The SMILES string of the molecule is COc1nnccc1C(CC(c1ccc(C2CCN(S(C)(=O)=O)CC2)cc1)c1ccccc1C)=NO. The number of ether oxygens (including phenoxy) is 1. The summed E-state index contributed by atoms with van der Waals surface area (Å²) in [5.74, 6) is 0.580. The third kappa shape index (κ3) is 5.74. The van der Waals surface area contributed by atoms with Gasteiger partial charge in [0.05, 0.1) is 30.8 Å². The maximum absolute atomic E-state index is 11.9. The summed E-state index contributed by atoms with van der Waals surface area (Å²) in [5.41, 5.74) is 5.68. The molecule has 1 aliphatic rings. The van der Waals surface area contributed by atoms with Gasteiger partial charge >= 0.3 is 0 Å². The zero-order valence-electron chi connectivity index (χ0n) is 20.8. The minimum atomic E-state index is -3.14. The highest BCUT2D eigenvalue weighted by Gasteiger charge is 2.27. The van der Waals surface area contributed by atoms with E-state index in [1.165, 1.54) is 18.9 Å². The van der Waals surface area contributed by atoms with E-state index < -0.39 is 10.0 Å². The monoisotopic (exact) mass is 508 g/mol. The number of sulfonamides is 1. The maximum atomic E-state index is 11.9. The minimum absolute atomic E-state index is 0.0592. The first-order valence-corrected chi connectivity index (χ1v) is 13.8. The zero-order valence-corrected chi connectivity index (χ0v) is 21.6. The predicted octanol–water partition coefficient (Wildman–Crippen LogP) is 4.33. The fraction of sp³-hybridized carbons (Fsp3) is 0.370. The molecule has 1 N–H and O–H groups in total. The van der Waals surface area contributed by atoms with Crippen molar-refractivity contribution in [3.63, 3.8) is 0 Å². The van der Waals surface area contributed by atoms with Crippen LogP contribution in [0.4, 0.5) is 0 Å². The highest BCUT2D eigenvalue weighted by molar-refractivity contribution is 7.88. The number of rotatable bonds is 8. The largest absolute Gasteiger partial charge is 0.479 e.